The standard InChI is InChI=1S/C19H29NO5S/c1-5-14(3)20(19(21)16-8-7-9-16)13-15-10-11-17(24-4)18(12-15)25-26(22,23)6-2/h10-12,14,16H,5-9,13H2,1-4H3. The van der Waals surface area contributed by atoms with Crippen LogP contribution in [0.15, 0.2) is 18.2 Å². The number of benzene rings is 1. The minimum absolute atomic E-state index is 0.119. The largest absolute Gasteiger partial charge is 0.493 e. The fraction of sp³-hybridized carbons (Fsp3) is 0.632. The van der Waals surface area contributed by atoms with Crippen LogP contribution in [0.25, 0.3) is 0 Å². The maximum Gasteiger partial charge on any atom is 0.309 e. The number of methoxy groups -OCH3 is 1. The lowest BCUT2D eigenvalue weighted by molar-refractivity contribution is -0.141. The van der Waals surface area contributed by atoms with Gasteiger partial charge in [0.05, 0.1) is 12.9 Å². The molecule has 1 aromatic rings. The summed E-state index contributed by atoms with van der Waals surface area (Å²) in [4.78, 5) is 14.7. The first-order valence-electron chi connectivity index (χ1n) is 9.20. The average Bonchev–Trinajstić information content (AvgIpc) is 2.57. The number of hydrogen-bond donors (Lipinski definition) is 0. The molecule has 26 heavy (non-hydrogen) atoms. The Labute approximate surface area is 156 Å². The molecule has 0 bridgehead atoms. The molecule has 146 valence electrons. The van der Waals surface area contributed by atoms with Crippen molar-refractivity contribution in [3.63, 3.8) is 0 Å². The molecule has 1 amide bonds. The van der Waals surface area contributed by atoms with E-state index in [4.69, 9.17) is 8.92 Å². The predicted molar refractivity (Wildman–Crippen MR) is 101 cm³/mol. The van der Waals surface area contributed by atoms with E-state index in [9.17, 15) is 13.2 Å². The van der Waals surface area contributed by atoms with Crippen molar-refractivity contribution in [2.45, 2.75) is 59.0 Å². The Morgan fingerprint density at radius 1 is 1.27 bits per heavy atom. The highest BCUT2D eigenvalue weighted by molar-refractivity contribution is 7.87. The maximum absolute atomic E-state index is 12.8. The number of ether oxygens (including phenoxy) is 1. The van der Waals surface area contributed by atoms with Crippen molar-refractivity contribution >= 4 is 16.0 Å². The molecular weight excluding hydrogens is 354 g/mol. The van der Waals surface area contributed by atoms with E-state index in [1.807, 2.05) is 17.9 Å². The van der Waals surface area contributed by atoms with Gasteiger partial charge in [0.15, 0.2) is 11.5 Å². The normalized spacial score (nSPS) is 15.8. The Bertz CT molecular complexity index is 727. The molecule has 0 aliphatic heterocycles. The van der Waals surface area contributed by atoms with E-state index in [2.05, 4.69) is 6.92 Å². The highest BCUT2D eigenvalue weighted by atomic mass is 32.2. The van der Waals surface area contributed by atoms with Gasteiger partial charge in [-0.05, 0) is 50.8 Å². The van der Waals surface area contributed by atoms with Crippen molar-refractivity contribution in [3.8, 4) is 11.5 Å². The van der Waals surface area contributed by atoms with Gasteiger partial charge in [-0.15, -0.1) is 0 Å². The summed E-state index contributed by atoms with van der Waals surface area (Å²) >= 11 is 0. The Hall–Kier alpha value is -1.76. The third kappa shape index (κ3) is 4.90. The molecule has 1 aliphatic rings. The van der Waals surface area contributed by atoms with Gasteiger partial charge in [0.25, 0.3) is 0 Å². The zero-order valence-corrected chi connectivity index (χ0v) is 16.8. The van der Waals surface area contributed by atoms with Crippen molar-refractivity contribution in [1.82, 2.24) is 4.90 Å². The molecule has 1 aromatic carbocycles. The summed E-state index contributed by atoms with van der Waals surface area (Å²) in [6.45, 7) is 6.05. The molecule has 1 saturated carbocycles. The van der Waals surface area contributed by atoms with E-state index in [0.29, 0.717) is 12.3 Å². The minimum Gasteiger partial charge on any atom is -0.493 e. The van der Waals surface area contributed by atoms with Gasteiger partial charge in [-0.2, -0.15) is 8.42 Å². The monoisotopic (exact) mass is 383 g/mol. The fourth-order valence-electron chi connectivity index (χ4n) is 2.84. The second-order valence-corrected chi connectivity index (χ2v) is 8.63. The molecular formula is C19H29NO5S. The second-order valence-electron chi connectivity index (χ2n) is 6.77. The van der Waals surface area contributed by atoms with Crippen molar-refractivity contribution in [3.05, 3.63) is 23.8 Å². The van der Waals surface area contributed by atoms with Gasteiger partial charge in [-0.1, -0.05) is 19.4 Å². The quantitative estimate of drug-likeness (QED) is 0.612. The van der Waals surface area contributed by atoms with Crippen LogP contribution in [0.4, 0.5) is 0 Å². The summed E-state index contributed by atoms with van der Waals surface area (Å²) in [5.74, 6) is 0.696. The average molecular weight is 384 g/mol. The van der Waals surface area contributed by atoms with Crippen LogP contribution in [0.2, 0.25) is 0 Å². The van der Waals surface area contributed by atoms with E-state index in [1.54, 1.807) is 12.1 Å². The van der Waals surface area contributed by atoms with Gasteiger partial charge < -0.3 is 13.8 Å². The van der Waals surface area contributed by atoms with Crippen LogP contribution in [0, 0.1) is 5.92 Å². The fourth-order valence-corrected chi connectivity index (χ4v) is 3.36. The summed E-state index contributed by atoms with van der Waals surface area (Å²) in [5, 5.41) is 0. The van der Waals surface area contributed by atoms with Crippen LogP contribution < -0.4 is 8.92 Å². The molecule has 1 unspecified atom stereocenters. The van der Waals surface area contributed by atoms with Crippen LogP contribution in [-0.2, 0) is 21.5 Å². The first-order valence-corrected chi connectivity index (χ1v) is 10.8. The highest BCUT2D eigenvalue weighted by Gasteiger charge is 2.31. The number of rotatable bonds is 9. The van der Waals surface area contributed by atoms with Crippen molar-refractivity contribution in [2.24, 2.45) is 5.92 Å². The van der Waals surface area contributed by atoms with Gasteiger partial charge in [-0.25, -0.2) is 0 Å². The van der Waals surface area contributed by atoms with Crippen molar-refractivity contribution in [1.29, 1.82) is 0 Å². The van der Waals surface area contributed by atoms with Crippen molar-refractivity contribution in [2.75, 3.05) is 12.9 Å². The number of carbonyl (C=O) groups is 1. The molecule has 1 fully saturated rings. The molecule has 0 radical (unpaired) electrons. The SMILES string of the molecule is CCC(C)N(Cc1ccc(OC)c(OS(=O)(=O)CC)c1)C(=O)C1CCC1. The van der Waals surface area contributed by atoms with Gasteiger partial charge in [0, 0.05) is 18.5 Å². The van der Waals surface area contributed by atoms with E-state index in [0.717, 1.165) is 31.2 Å². The second kappa shape index (κ2) is 8.75. The zero-order valence-electron chi connectivity index (χ0n) is 16.0. The van der Waals surface area contributed by atoms with Crippen molar-refractivity contribution < 1.29 is 22.1 Å². The lowest BCUT2D eigenvalue weighted by atomic mass is 9.84. The molecule has 0 heterocycles. The smallest absolute Gasteiger partial charge is 0.309 e. The molecule has 1 atom stereocenters. The number of nitrogens with zero attached hydrogens (tertiary/aromatic N) is 1. The first-order chi connectivity index (χ1) is 12.3. The summed E-state index contributed by atoms with van der Waals surface area (Å²) in [7, 11) is -2.19. The highest BCUT2D eigenvalue weighted by Crippen LogP contribution is 2.32. The predicted octanol–water partition coefficient (Wildman–Crippen LogP) is 3.35. The summed E-state index contributed by atoms with van der Waals surface area (Å²) in [5.41, 5.74) is 0.820. The summed E-state index contributed by atoms with van der Waals surface area (Å²) in [6.07, 6.45) is 3.89. The molecule has 0 saturated heterocycles. The van der Waals surface area contributed by atoms with E-state index in [-0.39, 0.29) is 29.4 Å². The topological polar surface area (TPSA) is 72.9 Å². The lowest BCUT2D eigenvalue weighted by Gasteiger charge is -2.35. The van der Waals surface area contributed by atoms with Crippen LogP contribution in [0.5, 0.6) is 11.5 Å². The third-order valence-electron chi connectivity index (χ3n) is 5.01. The number of hydrogen-bond acceptors (Lipinski definition) is 5. The third-order valence-corrected chi connectivity index (χ3v) is 6.15. The summed E-state index contributed by atoms with van der Waals surface area (Å²) < 4.78 is 34.0. The van der Waals surface area contributed by atoms with Crippen LogP contribution in [0.3, 0.4) is 0 Å². The number of amides is 1. The molecule has 7 heteroatoms. The Morgan fingerprint density at radius 3 is 2.46 bits per heavy atom. The van der Waals surface area contributed by atoms with E-state index >= 15 is 0 Å². The van der Waals surface area contributed by atoms with Gasteiger partial charge >= 0.3 is 10.1 Å². The molecule has 6 nitrogen and oxygen atoms in total. The Kier molecular flexibility index (Phi) is 6.92. The molecule has 2 rings (SSSR count). The van der Waals surface area contributed by atoms with Crippen LogP contribution in [-0.4, -0.2) is 38.1 Å². The Balaban J connectivity index is 2.26. The zero-order chi connectivity index (χ0) is 19.3. The molecule has 0 aromatic heterocycles. The van der Waals surface area contributed by atoms with Crippen LogP contribution >= 0.6 is 0 Å². The van der Waals surface area contributed by atoms with Gasteiger partial charge in [-0.3, -0.25) is 4.79 Å². The van der Waals surface area contributed by atoms with Crippen LogP contribution in [0.1, 0.15) is 52.0 Å². The first kappa shape index (κ1) is 20.6. The lowest BCUT2D eigenvalue weighted by Crippen LogP contribution is -2.43. The van der Waals surface area contributed by atoms with Gasteiger partial charge in [0.2, 0.25) is 5.91 Å². The van der Waals surface area contributed by atoms with E-state index in [1.165, 1.54) is 14.0 Å². The van der Waals surface area contributed by atoms with Gasteiger partial charge in [0.1, 0.15) is 0 Å². The minimum atomic E-state index is -3.66. The van der Waals surface area contributed by atoms with E-state index < -0.39 is 10.1 Å². The number of carbonyl (C=O) groups excluding carboxylic acids is 1. The maximum atomic E-state index is 12.8. The molecule has 0 spiro atoms. The summed E-state index contributed by atoms with van der Waals surface area (Å²) in [6, 6.07) is 5.29. The molecule has 0 N–H and O–H groups in total. The molecule has 1 aliphatic carbocycles. The Morgan fingerprint density at radius 2 is 1.96 bits per heavy atom.